The number of benzene rings is 1. The van der Waals surface area contributed by atoms with Gasteiger partial charge in [0.15, 0.2) is 0 Å². The average Bonchev–Trinajstić information content (AvgIpc) is 2.96. The molecule has 104 valence electrons. The Balaban J connectivity index is 1.82. The van der Waals surface area contributed by atoms with Crippen LogP contribution in [0.4, 0.5) is 10.5 Å². The van der Waals surface area contributed by atoms with E-state index in [0.29, 0.717) is 13.1 Å². The van der Waals surface area contributed by atoms with Gasteiger partial charge in [0.05, 0.1) is 17.4 Å². The van der Waals surface area contributed by atoms with Gasteiger partial charge >= 0.3 is 6.09 Å². The minimum Gasteiger partial charge on any atom is -0.465 e. The molecule has 2 heterocycles. The lowest BCUT2D eigenvalue weighted by molar-refractivity contribution is 0.155. The highest BCUT2D eigenvalue weighted by molar-refractivity contribution is 5.81. The molecule has 5 nitrogen and oxygen atoms in total. The van der Waals surface area contributed by atoms with Crippen molar-refractivity contribution in [3.63, 3.8) is 0 Å². The highest BCUT2D eigenvalue weighted by Crippen LogP contribution is 2.24. The van der Waals surface area contributed by atoms with Crippen LogP contribution in [0.1, 0.15) is 6.42 Å². The normalized spacial score (nSPS) is 18.4. The third-order valence-electron chi connectivity index (χ3n) is 3.96. The van der Waals surface area contributed by atoms with Gasteiger partial charge in [0, 0.05) is 31.6 Å². The van der Waals surface area contributed by atoms with Gasteiger partial charge < -0.3 is 14.9 Å². The number of carboxylic acid groups (broad SMARTS) is 1. The van der Waals surface area contributed by atoms with Crippen LogP contribution in [0, 0.1) is 0 Å². The number of hydrogen-bond acceptors (Lipinski definition) is 3. The molecule has 1 fully saturated rings. The molecule has 0 saturated carbocycles. The van der Waals surface area contributed by atoms with Gasteiger partial charge in [-0.05, 0) is 18.6 Å². The van der Waals surface area contributed by atoms with E-state index in [4.69, 9.17) is 5.11 Å². The minimum absolute atomic E-state index is 0.217. The first-order valence-corrected chi connectivity index (χ1v) is 6.70. The molecule has 1 aromatic carbocycles. The van der Waals surface area contributed by atoms with E-state index >= 15 is 0 Å². The van der Waals surface area contributed by atoms with Crippen molar-refractivity contribution in [3.8, 4) is 0 Å². The predicted octanol–water partition coefficient (Wildman–Crippen LogP) is 2.42. The van der Waals surface area contributed by atoms with Crippen LogP contribution in [0.3, 0.4) is 0 Å². The molecule has 20 heavy (non-hydrogen) atoms. The number of amides is 1. The Bertz CT molecular complexity index is 644. The summed E-state index contributed by atoms with van der Waals surface area (Å²) in [6.45, 7) is 1.16. The molecule has 1 amide bonds. The van der Waals surface area contributed by atoms with E-state index in [2.05, 4.69) is 16.0 Å². The number of aromatic nitrogens is 1. The number of fused-ring (bicyclic) bond motifs is 1. The Morgan fingerprint density at radius 1 is 1.45 bits per heavy atom. The second-order valence-corrected chi connectivity index (χ2v) is 5.17. The lowest BCUT2D eigenvalue weighted by atomic mass is 10.1. The SMILES string of the molecule is CN(c1cnc2ccccc2c1)C1CCN(C(=O)O)C1. The van der Waals surface area contributed by atoms with Gasteiger partial charge in [0.1, 0.15) is 0 Å². The van der Waals surface area contributed by atoms with Crippen LogP contribution in [0.5, 0.6) is 0 Å². The minimum atomic E-state index is -0.836. The van der Waals surface area contributed by atoms with E-state index in [1.165, 1.54) is 4.90 Å². The van der Waals surface area contributed by atoms with Crippen molar-refractivity contribution in [2.24, 2.45) is 0 Å². The number of likely N-dealkylation sites (tertiary alicyclic amines) is 1. The molecule has 0 spiro atoms. The number of anilines is 1. The summed E-state index contributed by atoms with van der Waals surface area (Å²) in [6, 6.07) is 10.3. The summed E-state index contributed by atoms with van der Waals surface area (Å²) < 4.78 is 0. The van der Waals surface area contributed by atoms with Crippen molar-refractivity contribution in [1.29, 1.82) is 0 Å². The first-order chi connectivity index (χ1) is 9.65. The number of carbonyl (C=O) groups is 1. The fourth-order valence-electron chi connectivity index (χ4n) is 2.69. The van der Waals surface area contributed by atoms with Crippen LogP contribution in [-0.4, -0.2) is 47.3 Å². The van der Waals surface area contributed by atoms with Crippen LogP contribution in [0.15, 0.2) is 36.5 Å². The zero-order chi connectivity index (χ0) is 14.1. The number of para-hydroxylation sites is 1. The molecular formula is C15H17N3O2. The largest absolute Gasteiger partial charge is 0.465 e. The third-order valence-corrected chi connectivity index (χ3v) is 3.96. The zero-order valence-corrected chi connectivity index (χ0v) is 11.4. The highest BCUT2D eigenvalue weighted by atomic mass is 16.4. The summed E-state index contributed by atoms with van der Waals surface area (Å²) in [5.74, 6) is 0. The summed E-state index contributed by atoms with van der Waals surface area (Å²) in [5.41, 5.74) is 2.00. The van der Waals surface area contributed by atoms with Gasteiger partial charge in [0.25, 0.3) is 0 Å². The summed E-state index contributed by atoms with van der Waals surface area (Å²) >= 11 is 0. The van der Waals surface area contributed by atoms with Gasteiger partial charge in [-0.2, -0.15) is 0 Å². The van der Waals surface area contributed by atoms with Crippen LogP contribution < -0.4 is 4.90 Å². The second kappa shape index (κ2) is 5.00. The smallest absolute Gasteiger partial charge is 0.407 e. The first kappa shape index (κ1) is 12.7. The van der Waals surface area contributed by atoms with Crippen LogP contribution in [0.25, 0.3) is 10.9 Å². The van der Waals surface area contributed by atoms with Crippen molar-refractivity contribution in [2.45, 2.75) is 12.5 Å². The Kier molecular flexibility index (Phi) is 3.18. The molecule has 3 rings (SSSR count). The molecule has 2 aromatic rings. The van der Waals surface area contributed by atoms with Gasteiger partial charge in [-0.15, -0.1) is 0 Å². The molecule has 1 aliphatic rings. The fourth-order valence-corrected chi connectivity index (χ4v) is 2.69. The maximum atomic E-state index is 11.0. The van der Waals surface area contributed by atoms with Gasteiger partial charge in [-0.1, -0.05) is 18.2 Å². The molecule has 0 aliphatic carbocycles. The Morgan fingerprint density at radius 2 is 2.25 bits per heavy atom. The van der Waals surface area contributed by atoms with Crippen molar-refractivity contribution >= 4 is 22.7 Å². The summed E-state index contributed by atoms with van der Waals surface area (Å²) in [4.78, 5) is 19.0. The zero-order valence-electron chi connectivity index (χ0n) is 11.4. The maximum Gasteiger partial charge on any atom is 0.407 e. The van der Waals surface area contributed by atoms with E-state index < -0.39 is 6.09 Å². The van der Waals surface area contributed by atoms with Crippen molar-refractivity contribution in [2.75, 3.05) is 25.0 Å². The third kappa shape index (κ3) is 2.27. The van der Waals surface area contributed by atoms with E-state index in [0.717, 1.165) is 23.0 Å². The Labute approximate surface area is 117 Å². The lowest BCUT2D eigenvalue weighted by Crippen LogP contribution is -2.36. The molecule has 1 atom stereocenters. The molecule has 1 saturated heterocycles. The summed E-state index contributed by atoms with van der Waals surface area (Å²) in [7, 11) is 2.00. The standard InChI is InChI=1S/C15H17N3O2/c1-17(12-6-7-18(10-12)15(19)20)13-8-11-4-2-3-5-14(11)16-9-13/h2-5,8-9,12H,6-7,10H2,1H3,(H,19,20). The van der Waals surface area contributed by atoms with E-state index in [-0.39, 0.29) is 6.04 Å². The van der Waals surface area contributed by atoms with E-state index in [9.17, 15) is 4.79 Å². The second-order valence-electron chi connectivity index (χ2n) is 5.17. The lowest BCUT2D eigenvalue weighted by Gasteiger charge is -2.26. The Hall–Kier alpha value is -2.30. The van der Waals surface area contributed by atoms with Gasteiger partial charge in [-0.3, -0.25) is 4.98 Å². The molecule has 1 aliphatic heterocycles. The molecule has 1 N–H and O–H groups in total. The maximum absolute atomic E-state index is 11.0. The monoisotopic (exact) mass is 271 g/mol. The number of rotatable bonds is 2. The fraction of sp³-hybridized carbons (Fsp3) is 0.333. The number of pyridine rings is 1. The highest BCUT2D eigenvalue weighted by Gasteiger charge is 2.28. The van der Waals surface area contributed by atoms with Crippen molar-refractivity contribution in [1.82, 2.24) is 9.88 Å². The number of hydrogen-bond donors (Lipinski definition) is 1. The quantitative estimate of drug-likeness (QED) is 0.911. The van der Waals surface area contributed by atoms with Gasteiger partial charge in [0.2, 0.25) is 0 Å². The average molecular weight is 271 g/mol. The van der Waals surface area contributed by atoms with Crippen LogP contribution in [0.2, 0.25) is 0 Å². The van der Waals surface area contributed by atoms with E-state index in [1.54, 1.807) is 0 Å². The Morgan fingerprint density at radius 3 is 3.00 bits per heavy atom. The predicted molar refractivity (Wildman–Crippen MR) is 78.1 cm³/mol. The molecule has 1 aromatic heterocycles. The number of nitrogens with zero attached hydrogens (tertiary/aromatic N) is 3. The summed E-state index contributed by atoms with van der Waals surface area (Å²) in [5, 5.41) is 10.1. The molecule has 0 radical (unpaired) electrons. The van der Waals surface area contributed by atoms with Gasteiger partial charge in [-0.25, -0.2) is 4.79 Å². The van der Waals surface area contributed by atoms with Crippen molar-refractivity contribution < 1.29 is 9.90 Å². The molecule has 1 unspecified atom stereocenters. The first-order valence-electron chi connectivity index (χ1n) is 6.70. The molecule has 0 bridgehead atoms. The van der Waals surface area contributed by atoms with Crippen molar-refractivity contribution in [3.05, 3.63) is 36.5 Å². The number of likely N-dealkylation sites (N-methyl/N-ethyl adjacent to an activating group) is 1. The topological polar surface area (TPSA) is 56.7 Å². The van der Waals surface area contributed by atoms with Crippen LogP contribution >= 0.6 is 0 Å². The summed E-state index contributed by atoms with van der Waals surface area (Å²) in [6.07, 6.45) is 1.87. The van der Waals surface area contributed by atoms with E-state index in [1.807, 2.05) is 37.5 Å². The molecule has 5 heteroatoms. The molecular weight excluding hydrogens is 254 g/mol. The van der Waals surface area contributed by atoms with Crippen LogP contribution in [-0.2, 0) is 0 Å².